The highest BCUT2D eigenvalue weighted by molar-refractivity contribution is 5.90. The third-order valence-corrected chi connectivity index (χ3v) is 6.08. The summed E-state index contributed by atoms with van der Waals surface area (Å²) in [5.74, 6) is -1.52. The smallest absolute Gasteiger partial charge is 0.408 e. The van der Waals surface area contributed by atoms with E-state index < -0.39 is 30.1 Å². The van der Waals surface area contributed by atoms with Crippen molar-refractivity contribution >= 4 is 23.9 Å². The molecule has 1 heterocycles. The standard InChI is InChI=1S/C26H39N3O6/c1-16(2)13-20(24(31)28-21(25(32)34-5)15-19-11-12-27-23(19)30)29-26(33)35-22(17(3)4)14-18-9-7-6-8-10-18/h6-10,16-17,19-22H,11-15H2,1-5H3,(H,27,30)(H,28,31)(H,29,33)/t19-,20-,21-,22?/m0/s1. The van der Waals surface area contributed by atoms with E-state index in [1.807, 2.05) is 58.0 Å². The van der Waals surface area contributed by atoms with Gasteiger partial charge in [-0.2, -0.15) is 0 Å². The molecule has 0 spiro atoms. The van der Waals surface area contributed by atoms with Crippen LogP contribution in [0.5, 0.6) is 0 Å². The normalized spacial score (nSPS) is 17.9. The van der Waals surface area contributed by atoms with Crippen LogP contribution in [0.1, 0.15) is 52.5 Å². The van der Waals surface area contributed by atoms with Crippen LogP contribution in [0, 0.1) is 17.8 Å². The minimum atomic E-state index is -0.990. The van der Waals surface area contributed by atoms with Crippen molar-refractivity contribution in [1.82, 2.24) is 16.0 Å². The fourth-order valence-corrected chi connectivity index (χ4v) is 4.06. The maximum absolute atomic E-state index is 13.1. The zero-order valence-electron chi connectivity index (χ0n) is 21.3. The fraction of sp³-hybridized carbons (Fsp3) is 0.615. The average Bonchev–Trinajstić information content (AvgIpc) is 3.21. The van der Waals surface area contributed by atoms with Crippen LogP contribution >= 0.6 is 0 Å². The van der Waals surface area contributed by atoms with Crippen LogP contribution < -0.4 is 16.0 Å². The first-order chi connectivity index (χ1) is 16.6. The Bertz CT molecular complexity index is 858. The van der Waals surface area contributed by atoms with E-state index in [2.05, 4.69) is 16.0 Å². The second-order valence-corrected chi connectivity index (χ2v) is 9.80. The lowest BCUT2D eigenvalue weighted by molar-refractivity contribution is -0.146. The summed E-state index contributed by atoms with van der Waals surface area (Å²) in [7, 11) is 1.23. The van der Waals surface area contributed by atoms with Gasteiger partial charge < -0.3 is 25.4 Å². The van der Waals surface area contributed by atoms with Gasteiger partial charge in [0.1, 0.15) is 18.2 Å². The van der Waals surface area contributed by atoms with Crippen molar-refractivity contribution in [2.75, 3.05) is 13.7 Å². The van der Waals surface area contributed by atoms with Crippen molar-refractivity contribution in [3.63, 3.8) is 0 Å². The Balaban J connectivity index is 2.06. The Morgan fingerprint density at radius 2 is 1.74 bits per heavy atom. The summed E-state index contributed by atoms with van der Waals surface area (Å²) in [6.07, 6.45) is 0.564. The van der Waals surface area contributed by atoms with Gasteiger partial charge in [-0.25, -0.2) is 9.59 Å². The van der Waals surface area contributed by atoms with E-state index in [0.717, 1.165) is 5.56 Å². The number of carbonyl (C=O) groups is 4. The SMILES string of the molecule is COC(=O)[C@H](C[C@@H]1CCNC1=O)NC(=O)[C@H](CC(C)C)NC(=O)OC(Cc1ccccc1)C(C)C. The highest BCUT2D eigenvalue weighted by atomic mass is 16.6. The molecular weight excluding hydrogens is 450 g/mol. The molecule has 0 saturated carbocycles. The quantitative estimate of drug-likeness (QED) is 0.388. The third kappa shape index (κ3) is 9.22. The Hall–Kier alpha value is -3.10. The summed E-state index contributed by atoms with van der Waals surface area (Å²) in [5.41, 5.74) is 1.05. The molecule has 9 nitrogen and oxygen atoms in total. The summed E-state index contributed by atoms with van der Waals surface area (Å²) in [6.45, 7) is 8.34. The number of methoxy groups -OCH3 is 1. The molecule has 1 aromatic carbocycles. The third-order valence-electron chi connectivity index (χ3n) is 6.08. The second kappa shape index (κ2) is 13.7. The summed E-state index contributed by atoms with van der Waals surface area (Å²) >= 11 is 0. The van der Waals surface area contributed by atoms with Gasteiger partial charge >= 0.3 is 12.1 Å². The molecule has 4 atom stereocenters. The average molecular weight is 490 g/mol. The lowest BCUT2D eigenvalue weighted by Gasteiger charge is -2.26. The number of esters is 1. The molecule has 0 radical (unpaired) electrons. The molecule has 0 aromatic heterocycles. The van der Waals surface area contributed by atoms with Gasteiger partial charge in [0, 0.05) is 18.9 Å². The summed E-state index contributed by atoms with van der Waals surface area (Å²) in [6, 6.07) is 7.85. The van der Waals surface area contributed by atoms with Crippen molar-refractivity contribution in [3.05, 3.63) is 35.9 Å². The number of carbonyl (C=O) groups excluding carboxylic acids is 4. The molecule has 194 valence electrons. The zero-order valence-corrected chi connectivity index (χ0v) is 21.3. The van der Waals surface area contributed by atoms with Crippen molar-refractivity contribution in [2.24, 2.45) is 17.8 Å². The molecule has 3 amide bonds. The van der Waals surface area contributed by atoms with E-state index in [1.54, 1.807) is 0 Å². The van der Waals surface area contributed by atoms with Crippen molar-refractivity contribution in [2.45, 2.75) is 71.6 Å². The maximum Gasteiger partial charge on any atom is 0.408 e. The molecule has 1 aliphatic rings. The van der Waals surface area contributed by atoms with Crippen LogP contribution in [0.15, 0.2) is 30.3 Å². The number of hydrogen-bond acceptors (Lipinski definition) is 6. The van der Waals surface area contributed by atoms with E-state index in [4.69, 9.17) is 9.47 Å². The van der Waals surface area contributed by atoms with Gasteiger partial charge in [0.2, 0.25) is 11.8 Å². The second-order valence-electron chi connectivity index (χ2n) is 9.80. The molecule has 0 bridgehead atoms. The number of nitrogens with one attached hydrogen (secondary N) is 3. The van der Waals surface area contributed by atoms with E-state index in [9.17, 15) is 19.2 Å². The van der Waals surface area contributed by atoms with Crippen molar-refractivity contribution in [3.8, 4) is 0 Å². The number of ether oxygens (including phenoxy) is 2. The Morgan fingerprint density at radius 3 is 2.29 bits per heavy atom. The minimum Gasteiger partial charge on any atom is -0.467 e. The number of benzene rings is 1. The van der Waals surface area contributed by atoms with Crippen LogP contribution in [0.2, 0.25) is 0 Å². The lowest BCUT2D eigenvalue weighted by Crippen LogP contribution is -2.53. The van der Waals surface area contributed by atoms with Crippen LogP contribution in [0.25, 0.3) is 0 Å². The van der Waals surface area contributed by atoms with E-state index in [0.29, 0.717) is 25.8 Å². The zero-order chi connectivity index (χ0) is 26.0. The van der Waals surface area contributed by atoms with Gasteiger partial charge in [0.15, 0.2) is 0 Å². The first-order valence-electron chi connectivity index (χ1n) is 12.3. The van der Waals surface area contributed by atoms with Gasteiger partial charge in [-0.3, -0.25) is 9.59 Å². The molecular formula is C26H39N3O6. The molecule has 0 aliphatic carbocycles. The van der Waals surface area contributed by atoms with E-state index in [-0.39, 0.29) is 36.2 Å². The van der Waals surface area contributed by atoms with Gasteiger partial charge in [-0.1, -0.05) is 58.0 Å². The number of rotatable bonds is 12. The molecule has 1 saturated heterocycles. The highest BCUT2D eigenvalue weighted by Gasteiger charge is 2.34. The first kappa shape index (κ1) is 28.1. The minimum absolute atomic E-state index is 0.0691. The number of amides is 3. The van der Waals surface area contributed by atoms with Gasteiger partial charge in [-0.15, -0.1) is 0 Å². The summed E-state index contributed by atoms with van der Waals surface area (Å²) in [5, 5.41) is 8.08. The predicted octanol–water partition coefficient (Wildman–Crippen LogP) is 2.58. The van der Waals surface area contributed by atoms with Gasteiger partial charge in [0.05, 0.1) is 7.11 Å². The van der Waals surface area contributed by atoms with Crippen LogP contribution in [-0.2, 0) is 30.3 Å². The molecule has 1 fully saturated rings. The highest BCUT2D eigenvalue weighted by Crippen LogP contribution is 2.18. The van der Waals surface area contributed by atoms with Crippen LogP contribution in [0.3, 0.4) is 0 Å². The first-order valence-corrected chi connectivity index (χ1v) is 12.3. The lowest BCUT2D eigenvalue weighted by atomic mass is 9.97. The molecule has 2 rings (SSSR count). The Morgan fingerprint density at radius 1 is 1.06 bits per heavy atom. The number of hydrogen-bond donors (Lipinski definition) is 3. The predicted molar refractivity (Wildman–Crippen MR) is 131 cm³/mol. The molecule has 35 heavy (non-hydrogen) atoms. The van der Waals surface area contributed by atoms with Crippen LogP contribution in [0.4, 0.5) is 4.79 Å². The van der Waals surface area contributed by atoms with Gasteiger partial charge in [0.25, 0.3) is 0 Å². The molecule has 3 N–H and O–H groups in total. The molecule has 1 aromatic rings. The van der Waals surface area contributed by atoms with Crippen molar-refractivity contribution < 1.29 is 28.7 Å². The largest absolute Gasteiger partial charge is 0.467 e. The fourth-order valence-electron chi connectivity index (χ4n) is 4.06. The Labute approximate surface area is 207 Å². The number of alkyl carbamates (subject to hydrolysis) is 1. The molecule has 1 unspecified atom stereocenters. The van der Waals surface area contributed by atoms with E-state index in [1.165, 1.54) is 7.11 Å². The Kier molecular flexibility index (Phi) is 11.0. The van der Waals surface area contributed by atoms with Crippen molar-refractivity contribution in [1.29, 1.82) is 0 Å². The topological polar surface area (TPSA) is 123 Å². The summed E-state index contributed by atoms with van der Waals surface area (Å²) < 4.78 is 10.5. The van der Waals surface area contributed by atoms with Gasteiger partial charge in [-0.05, 0) is 36.7 Å². The molecule has 1 aliphatic heterocycles. The maximum atomic E-state index is 13.1. The molecule has 9 heteroatoms. The van der Waals surface area contributed by atoms with Crippen LogP contribution in [-0.4, -0.2) is 55.7 Å². The summed E-state index contributed by atoms with van der Waals surface area (Å²) in [4.78, 5) is 50.2. The monoisotopic (exact) mass is 489 g/mol. The van der Waals surface area contributed by atoms with E-state index >= 15 is 0 Å².